The first-order valence-electron chi connectivity index (χ1n) is 7.19. The molecule has 1 aromatic heterocycles. The Bertz CT molecular complexity index is 675. The molecule has 0 bridgehead atoms. The Morgan fingerprint density at radius 2 is 2.15 bits per heavy atom. The first-order valence-corrected chi connectivity index (χ1v) is 7.19. The van der Waals surface area contributed by atoms with Crippen LogP contribution in [0.15, 0.2) is 18.2 Å². The lowest BCUT2D eigenvalue weighted by molar-refractivity contribution is 0.0728. The van der Waals surface area contributed by atoms with Gasteiger partial charge in [0.05, 0.1) is 0 Å². The lowest BCUT2D eigenvalue weighted by Crippen LogP contribution is -2.39. The molecule has 0 fully saturated rings. The summed E-state index contributed by atoms with van der Waals surface area (Å²) in [5, 5.41) is 0.881. The number of amides is 1. The lowest BCUT2D eigenvalue weighted by atomic mass is 10.0. The SMILES string of the molecule is CCCCN1CCc2c(n(C)c3ccc(F)cc23)C1=O. The summed E-state index contributed by atoms with van der Waals surface area (Å²) < 4.78 is 15.4. The fraction of sp³-hybridized carbons (Fsp3) is 0.438. The smallest absolute Gasteiger partial charge is 0.270 e. The molecule has 0 spiro atoms. The second kappa shape index (κ2) is 4.93. The second-order valence-electron chi connectivity index (χ2n) is 5.44. The van der Waals surface area contributed by atoms with Gasteiger partial charge in [-0.1, -0.05) is 13.3 Å². The molecule has 0 saturated carbocycles. The third-order valence-corrected chi connectivity index (χ3v) is 4.17. The van der Waals surface area contributed by atoms with Crippen LogP contribution in [0.4, 0.5) is 4.39 Å². The van der Waals surface area contributed by atoms with Gasteiger partial charge in [-0.25, -0.2) is 4.39 Å². The summed E-state index contributed by atoms with van der Waals surface area (Å²) in [6.45, 7) is 3.67. The maximum Gasteiger partial charge on any atom is 0.270 e. The molecule has 4 heteroatoms. The Balaban J connectivity index is 2.09. The van der Waals surface area contributed by atoms with Gasteiger partial charge in [-0.2, -0.15) is 0 Å². The number of hydrogen-bond donors (Lipinski definition) is 0. The van der Waals surface area contributed by atoms with Gasteiger partial charge >= 0.3 is 0 Å². The van der Waals surface area contributed by atoms with Gasteiger partial charge in [0.15, 0.2) is 0 Å². The van der Waals surface area contributed by atoms with Crippen molar-refractivity contribution in [3.8, 4) is 0 Å². The average molecular weight is 274 g/mol. The zero-order chi connectivity index (χ0) is 14.3. The highest BCUT2D eigenvalue weighted by molar-refractivity contribution is 6.02. The Hall–Kier alpha value is -1.84. The Morgan fingerprint density at radius 1 is 1.35 bits per heavy atom. The van der Waals surface area contributed by atoms with Crippen LogP contribution in [-0.4, -0.2) is 28.5 Å². The number of fused-ring (bicyclic) bond motifs is 3. The third kappa shape index (κ3) is 1.90. The van der Waals surface area contributed by atoms with Crippen LogP contribution < -0.4 is 0 Å². The van der Waals surface area contributed by atoms with E-state index in [4.69, 9.17) is 0 Å². The number of carbonyl (C=O) groups excluding carboxylic acids is 1. The van der Waals surface area contributed by atoms with Crippen LogP contribution in [0.25, 0.3) is 10.9 Å². The summed E-state index contributed by atoms with van der Waals surface area (Å²) in [5.74, 6) is -0.162. The normalized spacial score (nSPS) is 14.9. The number of aromatic nitrogens is 1. The summed E-state index contributed by atoms with van der Waals surface area (Å²) in [6.07, 6.45) is 2.92. The van der Waals surface area contributed by atoms with Crippen molar-refractivity contribution in [1.29, 1.82) is 0 Å². The fourth-order valence-electron chi connectivity index (χ4n) is 3.08. The zero-order valence-electron chi connectivity index (χ0n) is 11.9. The van der Waals surface area contributed by atoms with Crippen molar-refractivity contribution in [2.45, 2.75) is 26.2 Å². The minimum atomic E-state index is -0.244. The van der Waals surface area contributed by atoms with E-state index in [0.29, 0.717) is 0 Å². The molecule has 20 heavy (non-hydrogen) atoms. The first kappa shape index (κ1) is 13.2. The molecule has 2 aromatic rings. The Kier molecular flexibility index (Phi) is 3.24. The number of nitrogens with zero attached hydrogens (tertiary/aromatic N) is 2. The van der Waals surface area contributed by atoms with E-state index in [1.807, 2.05) is 16.5 Å². The molecule has 1 aliphatic rings. The van der Waals surface area contributed by atoms with Gasteiger partial charge in [0, 0.05) is 31.0 Å². The number of aryl methyl sites for hydroxylation is 1. The molecule has 0 aliphatic carbocycles. The second-order valence-corrected chi connectivity index (χ2v) is 5.44. The minimum absolute atomic E-state index is 0.0822. The predicted octanol–water partition coefficient (Wildman–Crippen LogP) is 3.12. The average Bonchev–Trinajstić information content (AvgIpc) is 2.71. The molecular weight excluding hydrogens is 255 g/mol. The van der Waals surface area contributed by atoms with Crippen LogP contribution in [-0.2, 0) is 13.5 Å². The van der Waals surface area contributed by atoms with Crippen molar-refractivity contribution in [2.75, 3.05) is 13.1 Å². The van der Waals surface area contributed by atoms with E-state index in [2.05, 4.69) is 6.92 Å². The summed E-state index contributed by atoms with van der Waals surface area (Å²) in [4.78, 5) is 14.5. The van der Waals surface area contributed by atoms with Crippen LogP contribution in [0.3, 0.4) is 0 Å². The lowest BCUT2D eigenvalue weighted by Gasteiger charge is -2.27. The highest BCUT2D eigenvalue weighted by Gasteiger charge is 2.29. The van der Waals surface area contributed by atoms with E-state index >= 15 is 0 Å². The highest BCUT2D eigenvalue weighted by atomic mass is 19.1. The summed E-state index contributed by atoms with van der Waals surface area (Å²) in [7, 11) is 1.89. The molecule has 0 atom stereocenters. The van der Waals surface area contributed by atoms with E-state index < -0.39 is 0 Å². The number of unbranched alkanes of at least 4 members (excludes halogenated alkanes) is 1. The Labute approximate surface area is 118 Å². The predicted molar refractivity (Wildman–Crippen MR) is 77.4 cm³/mol. The number of benzene rings is 1. The molecular formula is C16H19FN2O. The molecule has 2 heterocycles. The molecule has 0 N–H and O–H groups in total. The van der Waals surface area contributed by atoms with Crippen LogP contribution >= 0.6 is 0 Å². The maximum atomic E-state index is 13.5. The van der Waals surface area contributed by atoms with Gasteiger partial charge in [0.1, 0.15) is 11.5 Å². The molecule has 1 aromatic carbocycles. The van der Waals surface area contributed by atoms with E-state index in [1.165, 1.54) is 6.07 Å². The van der Waals surface area contributed by atoms with Crippen molar-refractivity contribution < 1.29 is 9.18 Å². The van der Waals surface area contributed by atoms with Gasteiger partial charge in [-0.15, -0.1) is 0 Å². The van der Waals surface area contributed by atoms with Crippen molar-refractivity contribution in [2.24, 2.45) is 7.05 Å². The van der Waals surface area contributed by atoms with Crippen molar-refractivity contribution in [1.82, 2.24) is 9.47 Å². The topological polar surface area (TPSA) is 25.2 Å². The summed E-state index contributed by atoms with van der Waals surface area (Å²) in [6, 6.07) is 4.75. The van der Waals surface area contributed by atoms with Gasteiger partial charge in [0.25, 0.3) is 5.91 Å². The molecule has 1 amide bonds. The van der Waals surface area contributed by atoms with Crippen molar-refractivity contribution in [3.63, 3.8) is 0 Å². The standard InChI is InChI=1S/C16H19FN2O/c1-3-4-8-19-9-7-12-13-10-11(17)5-6-14(13)18(2)15(12)16(19)20/h5-6,10H,3-4,7-9H2,1-2H3. The third-order valence-electron chi connectivity index (χ3n) is 4.17. The van der Waals surface area contributed by atoms with Crippen molar-refractivity contribution >= 4 is 16.8 Å². The van der Waals surface area contributed by atoms with Gasteiger partial charge in [0.2, 0.25) is 0 Å². The Morgan fingerprint density at radius 3 is 2.90 bits per heavy atom. The van der Waals surface area contributed by atoms with E-state index in [9.17, 15) is 9.18 Å². The quantitative estimate of drug-likeness (QED) is 0.844. The van der Waals surface area contributed by atoms with Gasteiger partial charge < -0.3 is 9.47 Å². The zero-order valence-corrected chi connectivity index (χ0v) is 11.9. The van der Waals surface area contributed by atoms with E-state index in [-0.39, 0.29) is 11.7 Å². The number of hydrogen-bond acceptors (Lipinski definition) is 1. The van der Waals surface area contributed by atoms with Crippen molar-refractivity contribution in [3.05, 3.63) is 35.3 Å². The van der Waals surface area contributed by atoms with Crippen LogP contribution in [0.2, 0.25) is 0 Å². The van der Waals surface area contributed by atoms with Gasteiger partial charge in [-0.05, 0) is 36.6 Å². The van der Waals surface area contributed by atoms with E-state index in [1.54, 1.807) is 12.1 Å². The number of rotatable bonds is 3. The largest absolute Gasteiger partial charge is 0.339 e. The molecule has 0 saturated heterocycles. The number of halogens is 1. The van der Waals surface area contributed by atoms with Crippen LogP contribution in [0.5, 0.6) is 0 Å². The van der Waals surface area contributed by atoms with Gasteiger partial charge in [-0.3, -0.25) is 4.79 Å². The molecule has 0 radical (unpaired) electrons. The molecule has 0 unspecified atom stereocenters. The van der Waals surface area contributed by atoms with Crippen LogP contribution in [0, 0.1) is 5.82 Å². The fourth-order valence-corrected chi connectivity index (χ4v) is 3.08. The minimum Gasteiger partial charge on any atom is -0.339 e. The van der Waals surface area contributed by atoms with Crippen LogP contribution in [0.1, 0.15) is 35.8 Å². The first-order chi connectivity index (χ1) is 9.63. The highest BCUT2D eigenvalue weighted by Crippen LogP contribution is 2.30. The molecule has 3 rings (SSSR count). The molecule has 3 nitrogen and oxygen atoms in total. The summed E-state index contributed by atoms with van der Waals surface area (Å²) in [5.41, 5.74) is 2.66. The molecule has 106 valence electrons. The van der Waals surface area contributed by atoms with E-state index in [0.717, 1.165) is 54.5 Å². The number of carbonyl (C=O) groups is 1. The molecule has 1 aliphatic heterocycles. The summed E-state index contributed by atoms with van der Waals surface area (Å²) >= 11 is 0. The maximum absolute atomic E-state index is 13.5. The monoisotopic (exact) mass is 274 g/mol.